The molecule has 0 aliphatic rings. The first-order valence-electron chi connectivity index (χ1n) is 7.30. The van der Waals surface area contributed by atoms with Gasteiger partial charge in [0.2, 0.25) is 0 Å². The number of ether oxygens (including phenoxy) is 1. The van der Waals surface area contributed by atoms with Crippen LogP contribution in [-0.4, -0.2) is 12.0 Å². The van der Waals surface area contributed by atoms with Gasteiger partial charge < -0.3 is 10.1 Å². The van der Waals surface area contributed by atoms with E-state index in [0.717, 1.165) is 11.3 Å². The third kappa shape index (κ3) is 4.01. The molecule has 0 saturated carbocycles. The Morgan fingerprint density at radius 2 is 1.91 bits per heavy atom. The summed E-state index contributed by atoms with van der Waals surface area (Å²) in [6, 6.07) is 13.0. The molecule has 0 aromatic heterocycles. The summed E-state index contributed by atoms with van der Waals surface area (Å²) in [6.45, 7) is 5.96. The lowest BCUT2D eigenvalue weighted by atomic mass is 10.1. The van der Waals surface area contributed by atoms with Gasteiger partial charge in [0.25, 0.3) is 5.91 Å². The zero-order valence-electron chi connectivity index (χ0n) is 13.0. The number of aryl methyl sites for hydroxylation is 2. The lowest BCUT2D eigenvalue weighted by Crippen LogP contribution is -2.32. The van der Waals surface area contributed by atoms with Gasteiger partial charge in [-0.25, -0.2) is 0 Å². The molecule has 0 fully saturated rings. The number of anilines is 1. The molecule has 0 radical (unpaired) electrons. The molecule has 0 unspecified atom stereocenters. The van der Waals surface area contributed by atoms with Crippen LogP contribution in [0.25, 0.3) is 0 Å². The fourth-order valence-electron chi connectivity index (χ4n) is 2.06. The number of amides is 1. The molecule has 4 heteroatoms. The maximum Gasteiger partial charge on any atom is 0.265 e. The van der Waals surface area contributed by atoms with Crippen LogP contribution < -0.4 is 10.1 Å². The smallest absolute Gasteiger partial charge is 0.265 e. The molecule has 1 N–H and O–H groups in total. The van der Waals surface area contributed by atoms with Crippen LogP contribution in [0.4, 0.5) is 5.69 Å². The molecule has 2 rings (SSSR count). The molecule has 0 heterocycles. The van der Waals surface area contributed by atoms with E-state index in [4.69, 9.17) is 16.3 Å². The van der Waals surface area contributed by atoms with Gasteiger partial charge >= 0.3 is 0 Å². The van der Waals surface area contributed by atoms with E-state index >= 15 is 0 Å². The summed E-state index contributed by atoms with van der Waals surface area (Å²) in [4.78, 5) is 12.4. The quantitative estimate of drug-likeness (QED) is 0.864. The number of rotatable bonds is 5. The highest BCUT2D eigenvalue weighted by Crippen LogP contribution is 2.25. The fourth-order valence-corrected chi connectivity index (χ4v) is 2.24. The minimum absolute atomic E-state index is 0.175. The number of nitrogens with one attached hydrogen (secondary N) is 1. The lowest BCUT2D eigenvalue weighted by molar-refractivity contribution is -0.122. The maximum atomic E-state index is 12.4. The van der Waals surface area contributed by atoms with Gasteiger partial charge in [-0.05, 0) is 55.7 Å². The lowest BCUT2D eigenvalue weighted by Gasteiger charge is -2.18. The molecule has 0 aliphatic heterocycles. The number of hydrogen-bond donors (Lipinski definition) is 1. The van der Waals surface area contributed by atoms with Crippen LogP contribution >= 0.6 is 11.6 Å². The van der Waals surface area contributed by atoms with Gasteiger partial charge in [-0.1, -0.05) is 36.7 Å². The Hall–Kier alpha value is -2.00. The van der Waals surface area contributed by atoms with Gasteiger partial charge in [-0.2, -0.15) is 0 Å². The molecule has 0 saturated heterocycles. The average Bonchev–Trinajstić information content (AvgIpc) is 2.50. The first-order chi connectivity index (χ1) is 10.5. The molecular formula is C18H20ClNO2. The molecule has 2 aromatic carbocycles. The molecule has 0 bridgehead atoms. The van der Waals surface area contributed by atoms with Gasteiger partial charge in [0.05, 0.1) is 5.02 Å². The second-order valence-corrected chi connectivity index (χ2v) is 5.64. The van der Waals surface area contributed by atoms with Crippen molar-refractivity contribution in [1.29, 1.82) is 0 Å². The van der Waals surface area contributed by atoms with Crippen molar-refractivity contribution < 1.29 is 9.53 Å². The second-order valence-electron chi connectivity index (χ2n) is 5.23. The zero-order valence-corrected chi connectivity index (χ0v) is 13.8. The summed E-state index contributed by atoms with van der Waals surface area (Å²) in [7, 11) is 0. The highest BCUT2D eigenvalue weighted by molar-refractivity contribution is 6.32. The summed E-state index contributed by atoms with van der Waals surface area (Å²) < 4.78 is 5.74. The van der Waals surface area contributed by atoms with E-state index in [1.54, 1.807) is 12.1 Å². The largest absolute Gasteiger partial charge is 0.479 e. The normalized spacial score (nSPS) is 11.8. The van der Waals surface area contributed by atoms with Gasteiger partial charge in [0.1, 0.15) is 5.75 Å². The topological polar surface area (TPSA) is 38.3 Å². The number of carbonyl (C=O) groups excluding carboxylic acids is 1. The van der Waals surface area contributed by atoms with E-state index in [1.165, 1.54) is 5.56 Å². The van der Waals surface area contributed by atoms with Crippen LogP contribution in [0.3, 0.4) is 0 Å². The van der Waals surface area contributed by atoms with E-state index in [2.05, 4.69) is 5.32 Å². The predicted octanol–water partition coefficient (Wildman–Crippen LogP) is 4.75. The van der Waals surface area contributed by atoms with Crippen LogP contribution in [0.5, 0.6) is 5.75 Å². The van der Waals surface area contributed by atoms with E-state index in [0.29, 0.717) is 17.2 Å². The number of halogens is 1. The third-order valence-electron chi connectivity index (χ3n) is 3.54. The molecule has 1 atom stereocenters. The Morgan fingerprint density at radius 3 is 2.55 bits per heavy atom. The van der Waals surface area contributed by atoms with Crippen molar-refractivity contribution in [2.45, 2.75) is 33.3 Å². The van der Waals surface area contributed by atoms with E-state index < -0.39 is 6.10 Å². The predicted molar refractivity (Wildman–Crippen MR) is 90.7 cm³/mol. The Bertz CT molecular complexity index is 670. The molecular weight excluding hydrogens is 298 g/mol. The Kier molecular flexibility index (Phi) is 5.45. The first-order valence-corrected chi connectivity index (χ1v) is 7.68. The summed E-state index contributed by atoms with van der Waals surface area (Å²) in [5.41, 5.74) is 3.10. The van der Waals surface area contributed by atoms with Crippen LogP contribution in [-0.2, 0) is 4.79 Å². The van der Waals surface area contributed by atoms with Crippen molar-refractivity contribution in [2.75, 3.05) is 5.32 Å². The monoisotopic (exact) mass is 317 g/mol. The van der Waals surface area contributed by atoms with Gasteiger partial charge in [0.15, 0.2) is 6.10 Å². The first kappa shape index (κ1) is 16.4. The number of benzene rings is 2. The minimum atomic E-state index is -0.582. The van der Waals surface area contributed by atoms with Gasteiger partial charge in [0, 0.05) is 5.69 Å². The van der Waals surface area contributed by atoms with Crippen molar-refractivity contribution in [3.05, 3.63) is 58.6 Å². The van der Waals surface area contributed by atoms with Crippen molar-refractivity contribution in [3.63, 3.8) is 0 Å². The SMILES string of the molecule is CC[C@@H](Oc1ccccc1Cl)C(=O)Nc1ccc(C)c(C)c1. The van der Waals surface area contributed by atoms with Crippen molar-refractivity contribution >= 4 is 23.2 Å². The molecule has 116 valence electrons. The summed E-state index contributed by atoms with van der Waals surface area (Å²) in [5, 5.41) is 3.39. The van der Waals surface area contributed by atoms with E-state index in [9.17, 15) is 4.79 Å². The third-order valence-corrected chi connectivity index (χ3v) is 3.86. The highest BCUT2D eigenvalue weighted by atomic mass is 35.5. The second kappa shape index (κ2) is 7.32. The zero-order chi connectivity index (χ0) is 16.1. The number of para-hydroxylation sites is 1. The molecule has 3 nitrogen and oxygen atoms in total. The van der Waals surface area contributed by atoms with E-state index in [1.807, 2.05) is 51.1 Å². The maximum absolute atomic E-state index is 12.4. The van der Waals surface area contributed by atoms with Crippen molar-refractivity contribution in [1.82, 2.24) is 0 Å². The Balaban J connectivity index is 2.08. The Labute approximate surface area is 136 Å². The molecule has 2 aromatic rings. The highest BCUT2D eigenvalue weighted by Gasteiger charge is 2.19. The van der Waals surface area contributed by atoms with Crippen LogP contribution in [0.15, 0.2) is 42.5 Å². The van der Waals surface area contributed by atoms with Crippen LogP contribution in [0.2, 0.25) is 5.02 Å². The van der Waals surface area contributed by atoms with Gasteiger partial charge in [-0.3, -0.25) is 4.79 Å². The van der Waals surface area contributed by atoms with Gasteiger partial charge in [-0.15, -0.1) is 0 Å². The number of hydrogen-bond acceptors (Lipinski definition) is 2. The standard InChI is InChI=1S/C18H20ClNO2/c1-4-16(22-17-8-6-5-7-15(17)19)18(21)20-14-10-9-12(2)13(3)11-14/h5-11,16H,4H2,1-3H3,(H,20,21)/t16-/m1/s1. The van der Waals surface area contributed by atoms with Crippen LogP contribution in [0, 0.1) is 13.8 Å². The molecule has 22 heavy (non-hydrogen) atoms. The molecule has 0 aliphatic carbocycles. The molecule has 1 amide bonds. The number of carbonyl (C=O) groups is 1. The fraction of sp³-hybridized carbons (Fsp3) is 0.278. The summed E-state index contributed by atoms with van der Waals surface area (Å²) in [6.07, 6.45) is -0.0245. The summed E-state index contributed by atoms with van der Waals surface area (Å²) >= 11 is 6.07. The van der Waals surface area contributed by atoms with Crippen molar-refractivity contribution in [3.8, 4) is 5.75 Å². The average molecular weight is 318 g/mol. The van der Waals surface area contributed by atoms with Crippen molar-refractivity contribution in [2.24, 2.45) is 0 Å². The van der Waals surface area contributed by atoms with E-state index in [-0.39, 0.29) is 5.91 Å². The summed E-state index contributed by atoms with van der Waals surface area (Å²) in [5.74, 6) is 0.344. The Morgan fingerprint density at radius 1 is 1.18 bits per heavy atom. The van der Waals surface area contributed by atoms with Crippen LogP contribution in [0.1, 0.15) is 24.5 Å². The molecule has 0 spiro atoms. The minimum Gasteiger partial charge on any atom is -0.479 e.